The van der Waals surface area contributed by atoms with Crippen LogP contribution in [0.1, 0.15) is 93.6 Å². The summed E-state index contributed by atoms with van der Waals surface area (Å²) in [5.74, 6) is -1.14. The Balaban J connectivity index is 2.67. The minimum atomic E-state index is -1.07. The van der Waals surface area contributed by atoms with Gasteiger partial charge in [0.05, 0.1) is 0 Å². The van der Waals surface area contributed by atoms with Crippen LogP contribution in [0, 0.1) is 6.92 Å². The number of carbonyl (C=O) groups is 1. The zero-order valence-corrected chi connectivity index (χ0v) is 15.1. The normalized spacial score (nSPS) is 11.7. The molecule has 0 bridgehead atoms. The zero-order chi connectivity index (χ0) is 17.5. The van der Waals surface area contributed by atoms with E-state index in [0.29, 0.717) is 0 Å². The van der Waals surface area contributed by atoms with Gasteiger partial charge in [0.2, 0.25) is 0 Å². The van der Waals surface area contributed by atoms with E-state index >= 15 is 0 Å². The Morgan fingerprint density at radius 3 is 2.17 bits per heavy atom. The molecule has 23 heavy (non-hydrogen) atoms. The van der Waals surface area contributed by atoms with Gasteiger partial charge in [0.1, 0.15) is 11.3 Å². The van der Waals surface area contributed by atoms with Gasteiger partial charge < -0.3 is 10.2 Å². The maximum absolute atomic E-state index is 11.3. The molecule has 0 fully saturated rings. The fourth-order valence-electron chi connectivity index (χ4n) is 3.12. The van der Waals surface area contributed by atoms with Crippen molar-refractivity contribution >= 4 is 5.97 Å². The molecule has 0 aromatic heterocycles. The summed E-state index contributed by atoms with van der Waals surface area (Å²) in [7, 11) is 0. The van der Waals surface area contributed by atoms with Crippen molar-refractivity contribution in [3.63, 3.8) is 0 Å². The predicted molar refractivity (Wildman–Crippen MR) is 95.4 cm³/mol. The highest BCUT2D eigenvalue weighted by Crippen LogP contribution is 2.38. The number of aromatic hydroxyl groups is 1. The molecule has 3 heteroatoms. The van der Waals surface area contributed by atoms with E-state index in [0.717, 1.165) is 24.0 Å². The molecule has 0 aliphatic heterocycles. The maximum Gasteiger partial charge on any atom is 0.339 e. The number of carboxylic acids is 1. The second kappa shape index (κ2) is 8.95. The molecular weight excluding hydrogens is 288 g/mol. The van der Waals surface area contributed by atoms with E-state index in [-0.39, 0.29) is 16.7 Å². The van der Waals surface area contributed by atoms with Gasteiger partial charge >= 0.3 is 5.97 Å². The van der Waals surface area contributed by atoms with E-state index in [1.165, 1.54) is 44.6 Å². The Labute approximate surface area is 140 Å². The van der Waals surface area contributed by atoms with Gasteiger partial charge in [-0.1, -0.05) is 71.8 Å². The van der Waals surface area contributed by atoms with Crippen LogP contribution in [0.2, 0.25) is 0 Å². The third-order valence-electron chi connectivity index (χ3n) is 4.62. The Morgan fingerprint density at radius 1 is 1.04 bits per heavy atom. The summed E-state index contributed by atoms with van der Waals surface area (Å²) in [5.41, 5.74) is 1.42. The van der Waals surface area contributed by atoms with Crippen LogP contribution in [0.3, 0.4) is 0 Å². The van der Waals surface area contributed by atoms with Crippen molar-refractivity contribution in [2.24, 2.45) is 0 Å². The van der Waals surface area contributed by atoms with Crippen molar-refractivity contribution in [3.8, 4) is 5.75 Å². The van der Waals surface area contributed by atoms with Crippen molar-refractivity contribution in [2.45, 2.75) is 84.5 Å². The van der Waals surface area contributed by atoms with Crippen LogP contribution in [-0.2, 0) is 5.41 Å². The van der Waals surface area contributed by atoms with Crippen molar-refractivity contribution in [3.05, 3.63) is 28.8 Å². The summed E-state index contributed by atoms with van der Waals surface area (Å²) in [4.78, 5) is 11.3. The minimum absolute atomic E-state index is 0.00707. The third-order valence-corrected chi connectivity index (χ3v) is 4.62. The Morgan fingerprint density at radius 2 is 1.61 bits per heavy atom. The summed E-state index contributed by atoms with van der Waals surface area (Å²) in [6.07, 6.45) is 9.73. The van der Waals surface area contributed by atoms with Gasteiger partial charge in [0, 0.05) is 5.56 Å². The standard InChI is InChI=1S/C20H32O3/c1-5-6-7-8-9-10-11-12-20(3,4)17-14-15(2)13-16(18(17)21)19(22)23/h13-14,21H,5-12H2,1-4H3,(H,22,23). The maximum atomic E-state index is 11.3. The molecule has 0 saturated carbocycles. The number of hydrogen-bond donors (Lipinski definition) is 2. The summed E-state index contributed by atoms with van der Waals surface area (Å²) >= 11 is 0. The zero-order valence-electron chi connectivity index (χ0n) is 15.1. The quantitative estimate of drug-likeness (QED) is 0.534. The van der Waals surface area contributed by atoms with Crippen LogP contribution in [0.5, 0.6) is 5.75 Å². The molecule has 1 aromatic carbocycles. The summed E-state index contributed by atoms with van der Waals surface area (Å²) in [6.45, 7) is 8.27. The highest BCUT2D eigenvalue weighted by molar-refractivity contribution is 5.91. The molecule has 0 radical (unpaired) electrons. The van der Waals surface area contributed by atoms with Crippen molar-refractivity contribution in [2.75, 3.05) is 0 Å². The van der Waals surface area contributed by atoms with Crippen LogP contribution in [0.15, 0.2) is 12.1 Å². The number of carboxylic acid groups (broad SMARTS) is 1. The van der Waals surface area contributed by atoms with Crippen LogP contribution < -0.4 is 0 Å². The molecule has 130 valence electrons. The van der Waals surface area contributed by atoms with Crippen molar-refractivity contribution in [1.82, 2.24) is 0 Å². The summed E-state index contributed by atoms with van der Waals surface area (Å²) in [6, 6.07) is 3.45. The molecule has 0 spiro atoms. The van der Waals surface area contributed by atoms with Gasteiger partial charge in [-0.15, -0.1) is 0 Å². The molecule has 1 rings (SSSR count). The molecule has 0 aliphatic carbocycles. The van der Waals surface area contributed by atoms with Crippen LogP contribution >= 0.6 is 0 Å². The molecule has 0 atom stereocenters. The monoisotopic (exact) mass is 320 g/mol. The number of benzene rings is 1. The highest BCUT2D eigenvalue weighted by atomic mass is 16.4. The SMILES string of the molecule is CCCCCCCCCC(C)(C)c1cc(C)cc(C(=O)O)c1O. The van der Waals surface area contributed by atoms with Gasteiger partial charge in [0.15, 0.2) is 0 Å². The largest absolute Gasteiger partial charge is 0.507 e. The number of phenols is 1. The first kappa shape index (κ1) is 19.5. The minimum Gasteiger partial charge on any atom is -0.507 e. The van der Waals surface area contributed by atoms with Gasteiger partial charge in [0.25, 0.3) is 0 Å². The topological polar surface area (TPSA) is 57.5 Å². The molecule has 1 aromatic rings. The number of hydrogen-bond acceptors (Lipinski definition) is 2. The van der Waals surface area contributed by atoms with E-state index in [9.17, 15) is 15.0 Å². The Kier molecular flexibility index (Phi) is 7.60. The lowest BCUT2D eigenvalue weighted by molar-refractivity contribution is 0.0693. The van der Waals surface area contributed by atoms with Gasteiger partial charge in [-0.05, 0) is 30.4 Å². The fraction of sp³-hybridized carbons (Fsp3) is 0.650. The van der Waals surface area contributed by atoms with Gasteiger partial charge in [-0.25, -0.2) is 4.79 Å². The number of aromatic carboxylic acids is 1. The van der Waals surface area contributed by atoms with Gasteiger partial charge in [-0.3, -0.25) is 0 Å². The smallest absolute Gasteiger partial charge is 0.339 e. The van der Waals surface area contributed by atoms with Crippen molar-refractivity contribution < 1.29 is 15.0 Å². The van der Waals surface area contributed by atoms with E-state index in [1.807, 2.05) is 13.0 Å². The summed E-state index contributed by atoms with van der Waals surface area (Å²) in [5, 5.41) is 19.6. The van der Waals surface area contributed by atoms with Crippen LogP contribution in [-0.4, -0.2) is 16.2 Å². The molecule has 0 saturated heterocycles. The average molecular weight is 320 g/mol. The molecule has 2 N–H and O–H groups in total. The molecule has 0 unspecified atom stereocenters. The lowest BCUT2D eigenvalue weighted by atomic mass is 9.78. The first-order valence-corrected chi connectivity index (χ1v) is 8.87. The molecule has 3 nitrogen and oxygen atoms in total. The number of unbranched alkanes of at least 4 members (excludes halogenated alkanes) is 6. The summed E-state index contributed by atoms with van der Waals surface area (Å²) < 4.78 is 0. The second-order valence-corrected chi connectivity index (χ2v) is 7.27. The fourth-order valence-corrected chi connectivity index (χ4v) is 3.12. The lowest BCUT2D eigenvalue weighted by Gasteiger charge is -2.27. The first-order valence-electron chi connectivity index (χ1n) is 8.87. The molecule has 0 aliphatic rings. The Hall–Kier alpha value is -1.51. The van der Waals surface area contributed by atoms with E-state index < -0.39 is 5.97 Å². The predicted octanol–water partition coefficient (Wildman–Crippen LogP) is 5.82. The van der Waals surface area contributed by atoms with E-state index in [1.54, 1.807) is 0 Å². The van der Waals surface area contributed by atoms with E-state index in [2.05, 4.69) is 20.8 Å². The Bertz CT molecular complexity index is 518. The van der Waals surface area contributed by atoms with Crippen molar-refractivity contribution in [1.29, 1.82) is 0 Å². The van der Waals surface area contributed by atoms with Gasteiger partial charge in [-0.2, -0.15) is 0 Å². The lowest BCUT2D eigenvalue weighted by Crippen LogP contribution is -2.18. The van der Waals surface area contributed by atoms with E-state index in [4.69, 9.17) is 0 Å². The number of rotatable bonds is 10. The first-order chi connectivity index (χ1) is 10.8. The third kappa shape index (κ3) is 5.89. The number of aryl methyl sites for hydroxylation is 1. The average Bonchev–Trinajstić information content (AvgIpc) is 2.48. The molecule has 0 heterocycles. The molecular formula is C20H32O3. The highest BCUT2D eigenvalue weighted by Gasteiger charge is 2.26. The van der Waals surface area contributed by atoms with Crippen LogP contribution in [0.4, 0.5) is 0 Å². The molecule has 0 amide bonds. The second-order valence-electron chi connectivity index (χ2n) is 7.27. The van der Waals surface area contributed by atoms with Crippen LogP contribution in [0.25, 0.3) is 0 Å².